The summed E-state index contributed by atoms with van der Waals surface area (Å²) < 4.78 is 11.5. The van der Waals surface area contributed by atoms with Crippen molar-refractivity contribution in [1.29, 1.82) is 0 Å². The highest BCUT2D eigenvalue weighted by atomic mass is 35.5. The van der Waals surface area contributed by atoms with Crippen LogP contribution in [0.2, 0.25) is 0 Å². The quantitative estimate of drug-likeness (QED) is 0.569. The van der Waals surface area contributed by atoms with E-state index in [1.165, 1.54) is 0 Å². The zero-order valence-electron chi connectivity index (χ0n) is 12.1. The van der Waals surface area contributed by atoms with Gasteiger partial charge in [0.15, 0.2) is 0 Å². The molecule has 114 valence electrons. The van der Waals surface area contributed by atoms with Crippen LogP contribution in [0.5, 0.6) is 23.0 Å². The molecule has 3 nitrogen and oxygen atoms in total. The van der Waals surface area contributed by atoms with Crippen LogP contribution in [0.25, 0.3) is 0 Å². The first kappa shape index (κ1) is 15.1. The maximum atomic E-state index is 11.6. The van der Waals surface area contributed by atoms with Crippen molar-refractivity contribution >= 4 is 16.8 Å². The Morgan fingerprint density at radius 1 is 0.696 bits per heavy atom. The first-order valence-electron chi connectivity index (χ1n) is 7.02. The van der Waals surface area contributed by atoms with Gasteiger partial charge in [-0.25, -0.2) is 0 Å². The van der Waals surface area contributed by atoms with Crippen LogP contribution in [-0.4, -0.2) is 5.24 Å². The van der Waals surface area contributed by atoms with Gasteiger partial charge in [-0.15, -0.1) is 0 Å². The van der Waals surface area contributed by atoms with Gasteiger partial charge in [-0.3, -0.25) is 4.79 Å². The maximum Gasteiger partial charge on any atom is 0.256 e. The summed E-state index contributed by atoms with van der Waals surface area (Å²) in [6.07, 6.45) is 0. The van der Waals surface area contributed by atoms with E-state index < -0.39 is 5.24 Å². The van der Waals surface area contributed by atoms with Gasteiger partial charge in [0.05, 0.1) is 5.56 Å². The molecule has 0 aliphatic rings. The van der Waals surface area contributed by atoms with Crippen molar-refractivity contribution in [3.63, 3.8) is 0 Å². The molecule has 0 heterocycles. The Bertz CT molecular complexity index is 801. The Morgan fingerprint density at radius 2 is 1.26 bits per heavy atom. The van der Waals surface area contributed by atoms with E-state index in [2.05, 4.69) is 0 Å². The molecule has 0 saturated carbocycles. The van der Waals surface area contributed by atoms with E-state index in [0.717, 1.165) is 0 Å². The summed E-state index contributed by atoms with van der Waals surface area (Å²) in [5, 5.41) is -0.581. The molecule has 3 rings (SSSR count). The largest absolute Gasteiger partial charge is 0.457 e. The Hall–Kier alpha value is -2.78. The highest BCUT2D eigenvalue weighted by Gasteiger charge is 2.13. The minimum Gasteiger partial charge on any atom is -0.457 e. The van der Waals surface area contributed by atoms with E-state index >= 15 is 0 Å². The third-order valence-electron chi connectivity index (χ3n) is 3.11. The number of carbonyl (C=O) groups is 1. The SMILES string of the molecule is O=C(Cl)c1ccc(Oc2ccccc2)cc1Oc1ccccc1. The lowest BCUT2D eigenvalue weighted by Gasteiger charge is -2.11. The zero-order chi connectivity index (χ0) is 16.1. The van der Waals surface area contributed by atoms with E-state index in [1.54, 1.807) is 30.3 Å². The molecule has 0 atom stereocenters. The van der Waals surface area contributed by atoms with Crippen LogP contribution in [0, 0.1) is 0 Å². The van der Waals surface area contributed by atoms with Crippen molar-refractivity contribution in [2.24, 2.45) is 0 Å². The van der Waals surface area contributed by atoms with Crippen molar-refractivity contribution in [2.45, 2.75) is 0 Å². The third kappa shape index (κ3) is 3.90. The van der Waals surface area contributed by atoms with E-state index in [1.807, 2.05) is 48.5 Å². The van der Waals surface area contributed by atoms with Crippen LogP contribution in [0.15, 0.2) is 78.9 Å². The lowest BCUT2D eigenvalue weighted by atomic mass is 10.2. The molecule has 0 aliphatic heterocycles. The fraction of sp³-hybridized carbons (Fsp3) is 0. The summed E-state index contributed by atoms with van der Waals surface area (Å²) in [5.41, 5.74) is 0.288. The molecule has 23 heavy (non-hydrogen) atoms. The predicted molar refractivity (Wildman–Crippen MR) is 89.7 cm³/mol. The number of ether oxygens (including phenoxy) is 2. The van der Waals surface area contributed by atoms with Gasteiger partial charge in [-0.2, -0.15) is 0 Å². The Kier molecular flexibility index (Phi) is 4.60. The minimum atomic E-state index is -0.581. The zero-order valence-corrected chi connectivity index (χ0v) is 12.9. The molecule has 0 saturated heterocycles. The van der Waals surface area contributed by atoms with Crippen molar-refractivity contribution in [3.8, 4) is 23.0 Å². The minimum absolute atomic E-state index is 0.288. The van der Waals surface area contributed by atoms with E-state index in [-0.39, 0.29) is 5.56 Å². The van der Waals surface area contributed by atoms with Gasteiger partial charge >= 0.3 is 0 Å². The molecule has 0 unspecified atom stereocenters. The summed E-state index contributed by atoms with van der Waals surface area (Å²) in [7, 11) is 0. The predicted octanol–water partition coefficient (Wildman–Crippen LogP) is 5.65. The monoisotopic (exact) mass is 324 g/mol. The van der Waals surface area contributed by atoms with Crippen molar-refractivity contribution in [3.05, 3.63) is 84.4 Å². The van der Waals surface area contributed by atoms with E-state index in [9.17, 15) is 4.79 Å². The second kappa shape index (κ2) is 6.99. The van der Waals surface area contributed by atoms with Gasteiger partial charge in [0.25, 0.3) is 5.24 Å². The van der Waals surface area contributed by atoms with Crippen LogP contribution < -0.4 is 9.47 Å². The number of benzene rings is 3. The molecular weight excluding hydrogens is 312 g/mol. The number of rotatable bonds is 5. The molecule has 0 bridgehead atoms. The Labute approximate surface area is 139 Å². The van der Waals surface area contributed by atoms with E-state index in [4.69, 9.17) is 21.1 Å². The average molecular weight is 325 g/mol. The first-order chi connectivity index (χ1) is 11.2. The third-order valence-corrected chi connectivity index (χ3v) is 3.32. The Balaban J connectivity index is 1.91. The molecule has 3 aromatic carbocycles. The molecule has 0 radical (unpaired) electrons. The summed E-state index contributed by atoms with van der Waals surface area (Å²) in [6.45, 7) is 0. The highest BCUT2D eigenvalue weighted by molar-refractivity contribution is 6.68. The van der Waals surface area contributed by atoms with Gasteiger partial charge < -0.3 is 9.47 Å². The number of carbonyl (C=O) groups excluding carboxylic acids is 1. The lowest BCUT2D eigenvalue weighted by molar-refractivity contribution is 0.107. The number of para-hydroxylation sites is 2. The number of hydrogen-bond donors (Lipinski definition) is 0. The van der Waals surface area contributed by atoms with Crippen LogP contribution in [0.3, 0.4) is 0 Å². The molecule has 0 N–H and O–H groups in total. The summed E-state index contributed by atoms with van der Waals surface area (Å²) >= 11 is 5.63. The van der Waals surface area contributed by atoms with Gasteiger partial charge in [0.2, 0.25) is 0 Å². The second-order valence-corrected chi connectivity index (χ2v) is 5.11. The van der Waals surface area contributed by atoms with Crippen LogP contribution in [0.1, 0.15) is 10.4 Å². The second-order valence-electron chi connectivity index (χ2n) is 4.76. The molecule has 0 fully saturated rings. The van der Waals surface area contributed by atoms with E-state index in [0.29, 0.717) is 23.0 Å². The summed E-state index contributed by atoms with van der Waals surface area (Å²) in [5.74, 6) is 2.22. The number of halogens is 1. The topological polar surface area (TPSA) is 35.5 Å². The lowest BCUT2D eigenvalue weighted by Crippen LogP contribution is -1.96. The van der Waals surface area contributed by atoms with Gasteiger partial charge in [-0.05, 0) is 48.0 Å². The van der Waals surface area contributed by atoms with Crippen LogP contribution in [-0.2, 0) is 0 Å². The van der Waals surface area contributed by atoms with Gasteiger partial charge in [0.1, 0.15) is 23.0 Å². The fourth-order valence-electron chi connectivity index (χ4n) is 2.05. The molecule has 0 amide bonds. The summed E-state index contributed by atoms with van der Waals surface area (Å²) in [4.78, 5) is 11.6. The van der Waals surface area contributed by atoms with Crippen molar-refractivity contribution in [2.75, 3.05) is 0 Å². The van der Waals surface area contributed by atoms with Gasteiger partial charge in [0, 0.05) is 6.07 Å². The molecule has 0 aliphatic carbocycles. The van der Waals surface area contributed by atoms with Crippen molar-refractivity contribution < 1.29 is 14.3 Å². The first-order valence-corrected chi connectivity index (χ1v) is 7.40. The van der Waals surface area contributed by atoms with Crippen molar-refractivity contribution in [1.82, 2.24) is 0 Å². The van der Waals surface area contributed by atoms with Gasteiger partial charge in [-0.1, -0.05) is 36.4 Å². The van der Waals surface area contributed by atoms with Crippen LogP contribution >= 0.6 is 11.6 Å². The molecule has 0 spiro atoms. The normalized spacial score (nSPS) is 10.1. The van der Waals surface area contributed by atoms with Crippen LogP contribution in [0.4, 0.5) is 0 Å². The Morgan fingerprint density at radius 3 is 1.83 bits per heavy atom. The molecule has 4 heteroatoms. The molecule has 0 aromatic heterocycles. The fourth-order valence-corrected chi connectivity index (χ4v) is 2.21. The molecule has 3 aromatic rings. The standard InChI is InChI=1S/C19H13ClO3/c20-19(21)17-12-11-16(22-14-7-3-1-4-8-14)13-18(17)23-15-9-5-2-6-10-15/h1-13H. The molecular formula is C19H13ClO3. The average Bonchev–Trinajstić information content (AvgIpc) is 2.57. The summed E-state index contributed by atoms with van der Waals surface area (Å²) in [6, 6.07) is 23.5. The number of hydrogen-bond acceptors (Lipinski definition) is 3. The highest BCUT2D eigenvalue weighted by Crippen LogP contribution is 2.32. The maximum absolute atomic E-state index is 11.6. The smallest absolute Gasteiger partial charge is 0.256 e.